The zero-order chi connectivity index (χ0) is 12.7. The summed E-state index contributed by atoms with van der Waals surface area (Å²) in [5.74, 6) is -0.156. The average Bonchev–Trinajstić information content (AvgIpc) is 2.76. The van der Waals surface area contributed by atoms with Crippen LogP contribution in [-0.2, 0) is 4.74 Å². The first-order valence-electron chi connectivity index (χ1n) is 5.71. The quantitative estimate of drug-likeness (QED) is 0.609. The number of fused-ring (bicyclic) bond motifs is 3. The first kappa shape index (κ1) is 10.8. The van der Waals surface area contributed by atoms with E-state index in [0.29, 0.717) is 0 Å². The van der Waals surface area contributed by atoms with E-state index in [1.165, 1.54) is 7.11 Å². The van der Waals surface area contributed by atoms with Crippen LogP contribution in [0.15, 0.2) is 40.8 Å². The number of carbonyl (C=O) groups is 1. The van der Waals surface area contributed by atoms with E-state index >= 15 is 0 Å². The summed E-state index contributed by atoms with van der Waals surface area (Å²) in [4.78, 5) is 11.6. The van der Waals surface area contributed by atoms with Gasteiger partial charge < -0.3 is 9.15 Å². The molecule has 0 amide bonds. The van der Waals surface area contributed by atoms with Crippen molar-refractivity contribution in [1.82, 2.24) is 0 Å². The van der Waals surface area contributed by atoms with Gasteiger partial charge in [-0.2, -0.15) is 0 Å². The predicted molar refractivity (Wildman–Crippen MR) is 69.8 cm³/mol. The van der Waals surface area contributed by atoms with Crippen molar-refractivity contribution in [3.63, 3.8) is 0 Å². The van der Waals surface area contributed by atoms with Gasteiger partial charge in [0.25, 0.3) is 0 Å². The number of ether oxygens (including phenoxy) is 1. The number of esters is 1. The third-order valence-electron chi connectivity index (χ3n) is 3.20. The van der Waals surface area contributed by atoms with Gasteiger partial charge in [-0.15, -0.1) is 0 Å². The van der Waals surface area contributed by atoms with Crippen molar-refractivity contribution in [1.29, 1.82) is 0 Å². The highest BCUT2D eigenvalue weighted by atomic mass is 16.5. The molecule has 0 radical (unpaired) electrons. The molecule has 0 spiro atoms. The lowest BCUT2D eigenvalue weighted by Crippen LogP contribution is -2.00. The van der Waals surface area contributed by atoms with E-state index in [-0.39, 0.29) is 5.76 Å². The summed E-state index contributed by atoms with van der Waals surface area (Å²) in [6, 6.07) is 11.9. The number of aryl methyl sites for hydroxylation is 1. The van der Waals surface area contributed by atoms with Gasteiger partial charge in [0.05, 0.1) is 7.11 Å². The van der Waals surface area contributed by atoms with Crippen LogP contribution in [0.5, 0.6) is 0 Å². The van der Waals surface area contributed by atoms with E-state index in [0.717, 1.165) is 27.3 Å². The number of methoxy groups -OCH3 is 1. The second-order valence-electron chi connectivity index (χ2n) is 4.21. The average molecular weight is 240 g/mol. The third kappa shape index (κ3) is 1.40. The molecule has 0 unspecified atom stereocenters. The Balaban J connectivity index is 2.42. The molecule has 3 heteroatoms. The van der Waals surface area contributed by atoms with Crippen molar-refractivity contribution >= 4 is 27.7 Å². The molecule has 0 bridgehead atoms. The fourth-order valence-electron chi connectivity index (χ4n) is 2.24. The number of furan rings is 1. The van der Waals surface area contributed by atoms with Gasteiger partial charge in [0, 0.05) is 16.3 Å². The second kappa shape index (κ2) is 3.88. The summed E-state index contributed by atoms with van der Waals surface area (Å²) >= 11 is 0. The molecule has 3 nitrogen and oxygen atoms in total. The van der Waals surface area contributed by atoms with Crippen LogP contribution in [0.4, 0.5) is 0 Å². The molecular formula is C15H12O3. The van der Waals surface area contributed by atoms with Gasteiger partial charge in [0.2, 0.25) is 5.76 Å². The summed E-state index contributed by atoms with van der Waals surface area (Å²) in [5.41, 5.74) is 1.56. The standard InChI is InChI=1S/C15H12O3/c1-9-11-8-7-10-5-3-4-6-12(10)14(11)18-13(9)15(16)17-2/h3-8H,1-2H3. The van der Waals surface area contributed by atoms with E-state index in [2.05, 4.69) is 0 Å². The van der Waals surface area contributed by atoms with Crippen LogP contribution in [0.1, 0.15) is 16.1 Å². The van der Waals surface area contributed by atoms with Gasteiger partial charge in [-0.25, -0.2) is 4.79 Å². The molecule has 0 aliphatic carbocycles. The van der Waals surface area contributed by atoms with Gasteiger partial charge in [-0.1, -0.05) is 36.4 Å². The van der Waals surface area contributed by atoms with Crippen molar-refractivity contribution in [2.75, 3.05) is 7.11 Å². The minimum Gasteiger partial charge on any atom is -0.463 e. The van der Waals surface area contributed by atoms with Crippen molar-refractivity contribution in [2.24, 2.45) is 0 Å². The Bertz CT molecular complexity index is 753. The van der Waals surface area contributed by atoms with Gasteiger partial charge in [-0.3, -0.25) is 0 Å². The Hall–Kier alpha value is -2.29. The maximum Gasteiger partial charge on any atom is 0.374 e. The molecule has 18 heavy (non-hydrogen) atoms. The maximum atomic E-state index is 11.6. The van der Waals surface area contributed by atoms with E-state index < -0.39 is 5.97 Å². The smallest absolute Gasteiger partial charge is 0.374 e. The maximum absolute atomic E-state index is 11.6. The van der Waals surface area contributed by atoms with Crippen LogP contribution < -0.4 is 0 Å². The minimum atomic E-state index is -0.437. The van der Waals surface area contributed by atoms with Gasteiger partial charge in [-0.05, 0) is 12.3 Å². The Kier molecular flexibility index (Phi) is 2.33. The Labute approximate surface area is 104 Å². The molecule has 0 saturated carbocycles. The van der Waals surface area contributed by atoms with Crippen molar-refractivity contribution < 1.29 is 13.9 Å². The molecule has 3 rings (SSSR count). The lowest BCUT2D eigenvalue weighted by molar-refractivity contribution is 0.0566. The molecular weight excluding hydrogens is 228 g/mol. The molecule has 1 aromatic heterocycles. The van der Waals surface area contributed by atoms with Gasteiger partial charge >= 0.3 is 5.97 Å². The van der Waals surface area contributed by atoms with Crippen LogP contribution in [0.3, 0.4) is 0 Å². The SMILES string of the molecule is COC(=O)c1oc2c(ccc3ccccc32)c1C. The van der Waals surface area contributed by atoms with Gasteiger partial charge in [0.15, 0.2) is 0 Å². The first-order valence-corrected chi connectivity index (χ1v) is 5.71. The second-order valence-corrected chi connectivity index (χ2v) is 4.21. The van der Waals surface area contributed by atoms with Crippen LogP contribution in [0.2, 0.25) is 0 Å². The topological polar surface area (TPSA) is 39.4 Å². The molecule has 0 fully saturated rings. The molecule has 1 heterocycles. The van der Waals surface area contributed by atoms with Crippen molar-refractivity contribution in [3.8, 4) is 0 Å². The Morgan fingerprint density at radius 2 is 1.89 bits per heavy atom. The lowest BCUT2D eigenvalue weighted by atomic mass is 10.1. The molecule has 90 valence electrons. The fraction of sp³-hybridized carbons (Fsp3) is 0.133. The highest BCUT2D eigenvalue weighted by Crippen LogP contribution is 2.31. The summed E-state index contributed by atoms with van der Waals surface area (Å²) < 4.78 is 10.4. The monoisotopic (exact) mass is 240 g/mol. The summed E-state index contributed by atoms with van der Waals surface area (Å²) in [6.45, 7) is 1.87. The normalized spacial score (nSPS) is 11.0. The van der Waals surface area contributed by atoms with Crippen molar-refractivity contribution in [3.05, 3.63) is 47.7 Å². The minimum absolute atomic E-state index is 0.281. The van der Waals surface area contributed by atoms with Crippen LogP contribution in [0.25, 0.3) is 21.7 Å². The van der Waals surface area contributed by atoms with E-state index in [1.54, 1.807) is 0 Å². The van der Waals surface area contributed by atoms with E-state index in [1.807, 2.05) is 43.3 Å². The summed E-state index contributed by atoms with van der Waals surface area (Å²) in [7, 11) is 1.35. The Morgan fingerprint density at radius 3 is 2.67 bits per heavy atom. The Morgan fingerprint density at radius 1 is 1.11 bits per heavy atom. The van der Waals surface area contributed by atoms with Crippen LogP contribution in [0, 0.1) is 6.92 Å². The molecule has 3 aromatic rings. The zero-order valence-corrected chi connectivity index (χ0v) is 10.2. The fourth-order valence-corrected chi connectivity index (χ4v) is 2.24. The van der Waals surface area contributed by atoms with Crippen molar-refractivity contribution in [2.45, 2.75) is 6.92 Å². The number of hydrogen-bond acceptors (Lipinski definition) is 3. The largest absolute Gasteiger partial charge is 0.463 e. The summed E-state index contributed by atoms with van der Waals surface area (Å²) in [6.07, 6.45) is 0. The molecule has 2 aromatic carbocycles. The van der Waals surface area contributed by atoms with E-state index in [4.69, 9.17) is 9.15 Å². The molecule has 0 aliphatic rings. The zero-order valence-electron chi connectivity index (χ0n) is 10.2. The van der Waals surface area contributed by atoms with Crippen LogP contribution >= 0.6 is 0 Å². The number of rotatable bonds is 1. The molecule has 0 N–H and O–H groups in total. The number of hydrogen-bond donors (Lipinski definition) is 0. The van der Waals surface area contributed by atoms with E-state index in [9.17, 15) is 4.79 Å². The number of benzene rings is 2. The molecule has 0 aliphatic heterocycles. The first-order chi connectivity index (χ1) is 8.72. The van der Waals surface area contributed by atoms with Crippen LogP contribution in [-0.4, -0.2) is 13.1 Å². The summed E-state index contributed by atoms with van der Waals surface area (Å²) in [5, 5.41) is 3.05. The predicted octanol–water partition coefficient (Wildman–Crippen LogP) is 3.68. The molecule has 0 atom stereocenters. The third-order valence-corrected chi connectivity index (χ3v) is 3.20. The van der Waals surface area contributed by atoms with Gasteiger partial charge in [0.1, 0.15) is 5.58 Å². The highest BCUT2D eigenvalue weighted by molar-refractivity contribution is 6.08. The molecule has 0 saturated heterocycles. The lowest BCUT2D eigenvalue weighted by Gasteiger charge is -1.97. The number of carbonyl (C=O) groups excluding carboxylic acids is 1. The highest BCUT2D eigenvalue weighted by Gasteiger charge is 2.19.